The molecule has 0 spiro atoms. The lowest BCUT2D eigenvalue weighted by Gasteiger charge is -2.29. The quantitative estimate of drug-likeness (QED) is 0.670. The second-order valence-corrected chi connectivity index (χ2v) is 9.53. The van der Waals surface area contributed by atoms with Crippen LogP contribution < -0.4 is 11.1 Å². The number of nitrogens with one attached hydrogen (secondary N) is 1. The van der Waals surface area contributed by atoms with Gasteiger partial charge in [-0.2, -0.15) is 9.97 Å². The summed E-state index contributed by atoms with van der Waals surface area (Å²) in [7, 11) is -1.11. The molecule has 0 atom stereocenters. The maximum absolute atomic E-state index is 11.7. The zero-order chi connectivity index (χ0) is 20.6. The molecule has 8 nitrogen and oxygen atoms in total. The molecule has 0 saturated carbocycles. The number of fused-ring (bicyclic) bond motifs is 1. The summed E-state index contributed by atoms with van der Waals surface area (Å²) in [6.45, 7) is 2.07. The Morgan fingerprint density at radius 3 is 2.38 bits per heavy atom. The van der Waals surface area contributed by atoms with Crippen LogP contribution in [0.15, 0.2) is 41.3 Å². The van der Waals surface area contributed by atoms with Gasteiger partial charge in [0.15, 0.2) is 15.5 Å². The van der Waals surface area contributed by atoms with E-state index in [1.54, 1.807) is 24.3 Å². The lowest BCUT2D eigenvalue weighted by molar-refractivity contribution is 0.263. The van der Waals surface area contributed by atoms with E-state index in [1.807, 2.05) is 12.1 Å². The Hall–Kier alpha value is -2.78. The predicted octanol–water partition coefficient (Wildman–Crippen LogP) is 2.18. The molecule has 9 heteroatoms. The number of piperidine rings is 1. The molecule has 1 fully saturated rings. The number of pyridine rings is 1. The Kier molecular flexibility index (Phi) is 5.10. The standard InChI is InChI=1S/C20H24N6O2S/c1-26-11-9-14(10-12-26)22-20-24-18(21)16-7-8-17(23-19(16)25-20)13-3-5-15(6-4-13)29(2,27)28/h3-8,14H,9-12H2,1-2H3,(H3,21,22,23,24,25). The van der Waals surface area contributed by atoms with Gasteiger partial charge in [0.1, 0.15) is 5.82 Å². The number of aromatic nitrogens is 3. The van der Waals surface area contributed by atoms with Crippen LogP contribution in [0.2, 0.25) is 0 Å². The SMILES string of the molecule is CN1CCC(Nc2nc(N)c3ccc(-c4ccc(S(C)(=O)=O)cc4)nc3n2)CC1. The van der Waals surface area contributed by atoms with Gasteiger partial charge in [-0.3, -0.25) is 0 Å². The first kappa shape index (κ1) is 19.5. The van der Waals surface area contributed by atoms with Crippen LogP contribution in [0.25, 0.3) is 22.3 Å². The fourth-order valence-corrected chi connectivity index (χ4v) is 4.10. The minimum atomic E-state index is -3.23. The summed E-state index contributed by atoms with van der Waals surface area (Å²) in [6.07, 6.45) is 3.24. The molecule has 2 aromatic heterocycles. The third-order valence-electron chi connectivity index (χ3n) is 5.22. The molecular weight excluding hydrogens is 388 g/mol. The summed E-state index contributed by atoms with van der Waals surface area (Å²) in [5, 5.41) is 4.07. The Bertz CT molecular complexity index is 1140. The van der Waals surface area contributed by atoms with Crippen molar-refractivity contribution >= 4 is 32.6 Å². The maximum atomic E-state index is 11.7. The molecule has 0 amide bonds. The first-order valence-electron chi connectivity index (χ1n) is 9.49. The van der Waals surface area contributed by atoms with Crippen molar-refractivity contribution in [3.8, 4) is 11.3 Å². The largest absolute Gasteiger partial charge is 0.383 e. The van der Waals surface area contributed by atoms with Crippen molar-refractivity contribution in [1.82, 2.24) is 19.9 Å². The summed E-state index contributed by atoms with van der Waals surface area (Å²) >= 11 is 0. The van der Waals surface area contributed by atoms with E-state index in [2.05, 4.69) is 32.2 Å². The molecule has 1 saturated heterocycles. The van der Waals surface area contributed by atoms with Gasteiger partial charge < -0.3 is 16.0 Å². The lowest BCUT2D eigenvalue weighted by atomic mass is 10.1. The lowest BCUT2D eigenvalue weighted by Crippen LogP contribution is -2.37. The van der Waals surface area contributed by atoms with Crippen molar-refractivity contribution in [3.63, 3.8) is 0 Å². The second-order valence-electron chi connectivity index (χ2n) is 7.52. The van der Waals surface area contributed by atoms with Gasteiger partial charge in [-0.1, -0.05) is 12.1 Å². The Labute approximate surface area is 170 Å². The Morgan fingerprint density at radius 1 is 1.03 bits per heavy atom. The average Bonchev–Trinajstić information content (AvgIpc) is 2.69. The molecule has 0 unspecified atom stereocenters. The van der Waals surface area contributed by atoms with Crippen LogP contribution in [0.4, 0.5) is 11.8 Å². The van der Waals surface area contributed by atoms with Gasteiger partial charge in [0.2, 0.25) is 5.95 Å². The van der Waals surface area contributed by atoms with Crippen molar-refractivity contribution in [2.75, 3.05) is 37.4 Å². The van der Waals surface area contributed by atoms with Crippen LogP contribution in [0, 0.1) is 0 Å². The van der Waals surface area contributed by atoms with Crippen molar-refractivity contribution < 1.29 is 8.42 Å². The number of rotatable bonds is 4. The van der Waals surface area contributed by atoms with E-state index in [1.165, 1.54) is 6.26 Å². The molecule has 3 N–H and O–H groups in total. The minimum Gasteiger partial charge on any atom is -0.383 e. The van der Waals surface area contributed by atoms with Gasteiger partial charge in [0.25, 0.3) is 0 Å². The molecule has 1 aliphatic rings. The van der Waals surface area contributed by atoms with Gasteiger partial charge in [0.05, 0.1) is 16.0 Å². The van der Waals surface area contributed by atoms with E-state index in [4.69, 9.17) is 5.73 Å². The Balaban J connectivity index is 1.64. The predicted molar refractivity (Wildman–Crippen MR) is 114 cm³/mol. The van der Waals surface area contributed by atoms with E-state index in [-0.39, 0.29) is 4.90 Å². The fourth-order valence-electron chi connectivity index (χ4n) is 3.47. The van der Waals surface area contributed by atoms with Gasteiger partial charge in [-0.25, -0.2) is 13.4 Å². The highest BCUT2D eigenvalue weighted by Gasteiger charge is 2.18. The van der Waals surface area contributed by atoms with Crippen molar-refractivity contribution in [2.24, 2.45) is 0 Å². The summed E-state index contributed by atoms with van der Waals surface area (Å²) in [4.78, 5) is 16.2. The number of likely N-dealkylation sites (tertiary alicyclic amines) is 1. The number of sulfone groups is 1. The molecular formula is C20H24N6O2S. The molecule has 1 aromatic carbocycles. The molecule has 4 rings (SSSR count). The van der Waals surface area contributed by atoms with E-state index in [0.29, 0.717) is 34.5 Å². The van der Waals surface area contributed by atoms with E-state index in [9.17, 15) is 8.42 Å². The molecule has 152 valence electrons. The normalized spacial score (nSPS) is 16.2. The number of benzene rings is 1. The third kappa shape index (κ3) is 4.30. The minimum absolute atomic E-state index is 0.276. The number of nitrogens with two attached hydrogens (primary N) is 1. The van der Waals surface area contributed by atoms with Gasteiger partial charge >= 0.3 is 0 Å². The van der Waals surface area contributed by atoms with Gasteiger partial charge in [0, 0.05) is 17.9 Å². The van der Waals surface area contributed by atoms with Crippen LogP contribution in [-0.4, -0.2) is 60.7 Å². The number of hydrogen-bond donors (Lipinski definition) is 2. The monoisotopic (exact) mass is 412 g/mol. The van der Waals surface area contributed by atoms with Crippen LogP contribution in [0.1, 0.15) is 12.8 Å². The molecule has 1 aliphatic heterocycles. The van der Waals surface area contributed by atoms with E-state index >= 15 is 0 Å². The van der Waals surface area contributed by atoms with Crippen molar-refractivity contribution in [3.05, 3.63) is 36.4 Å². The smallest absolute Gasteiger partial charge is 0.226 e. The zero-order valence-corrected chi connectivity index (χ0v) is 17.3. The highest BCUT2D eigenvalue weighted by molar-refractivity contribution is 7.90. The van der Waals surface area contributed by atoms with Crippen molar-refractivity contribution in [2.45, 2.75) is 23.8 Å². The van der Waals surface area contributed by atoms with Crippen LogP contribution in [0.5, 0.6) is 0 Å². The fraction of sp³-hybridized carbons (Fsp3) is 0.350. The summed E-state index contributed by atoms with van der Waals surface area (Å²) in [6, 6.07) is 10.6. The molecule has 29 heavy (non-hydrogen) atoms. The van der Waals surface area contributed by atoms with Gasteiger partial charge in [-0.15, -0.1) is 0 Å². The van der Waals surface area contributed by atoms with Gasteiger partial charge in [-0.05, 0) is 57.2 Å². The first-order valence-corrected chi connectivity index (χ1v) is 11.4. The molecule has 0 radical (unpaired) electrons. The van der Waals surface area contributed by atoms with Crippen LogP contribution >= 0.6 is 0 Å². The summed E-state index contributed by atoms with van der Waals surface area (Å²) in [5.74, 6) is 0.874. The summed E-state index contributed by atoms with van der Waals surface area (Å²) < 4.78 is 23.3. The zero-order valence-electron chi connectivity index (χ0n) is 16.5. The number of nitrogens with zero attached hydrogens (tertiary/aromatic N) is 4. The summed E-state index contributed by atoms with van der Waals surface area (Å²) in [5.41, 5.74) is 8.15. The van der Waals surface area contributed by atoms with E-state index in [0.717, 1.165) is 31.5 Å². The first-order chi connectivity index (χ1) is 13.8. The van der Waals surface area contributed by atoms with Crippen molar-refractivity contribution in [1.29, 1.82) is 0 Å². The second kappa shape index (κ2) is 7.57. The highest BCUT2D eigenvalue weighted by atomic mass is 32.2. The number of anilines is 2. The van der Waals surface area contributed by atoms with E-state index < -0.39 is 9.84 Å². The number of hydrogen-bond acceptors (Lipinski definition) is 8. The van der Waals surface area contributed by atoms with Crippen LogP contribution in [-0.2, 0) is 9.84 Å². The van der Waals surface area contributed by atoms with Crippen LogP contribution in [0.3, 0.4) is 0 Å². The molecule has 0 bridgehead atoms. The number of nitrogen functional groups attached to an aromatic ring is 1. The topological polar surface area (TPSA) is 114 Å². The maximum Gasteiger partial charge on any atom is 0.226 e. The highest BCUT2D eigenvalue weighted by Crippen LogP contribution is 2.25. The molecule has 3 heterocycles. The molecule has 0 aliphatic carbocycles. The molecule has 3 aromatic rings. The average molecular weight is 413 g/mol. The third-order valence-corrected chi connectivity index (χ3v) is 6.35. The Morgan fingerprint density at radius 2 is 1.72 bits per heavy atom.